The van der Waals surface area contributed by atoms with Gasteiger partial charge in [-0.15, -0.1) is 0 Å². The molecule has 0 heterocycles. The number of rotatable bonds is 8. The predicted molar refractivity (Wildman–Crippen MR) is 71.5 cm³/mol. The number of methoxy groups -OCH3 is 1. The van der Waals surface area contributed by atoms with Crippen LogP contribution in [0.2, 0.25) is 0 Å². The number of nitrogens with one attached hydrogen (secondary N) is 1. The number of benzene rings is 1. The van der Waals surface area contributed by atoms with Gasteiger partial charge in [-0.25, -0.2) is 4.39 Å². The first-order valence-corrected chi connectivity index (χ1v) is 6.67. The molecule has 0 amide bonds. The van der Waals surface area contributed by atoms with Crippen LogP contribution >= 0.6 is 15.9 Å². The number of halogens is 2. The van der Waals surface area contributed by atoms with E-state index in [1.807, 2.05) is 6.07 Å². The fourth-order valence-corrected chi connectivity index (χ4v) is 1.80. The minimum atomic E-state index is -0.204. The lowest BCUT2D eigenvalue weighted by Crippen LogP contribution is -2.14. The van der Waals surface area contributed by atoms with Gasteiger partial charge in [-0.3, -0.25) is 0 Å². The maximum Gasteiger partial charge on any atom is 0.137 e. The normalized spacial score (nSPS) is 10.8. The third kappa shape index (κ3) is 6.15. The lowest BCUT2D eigenvalue weighted by atomic mass is 10.2. The molecule has 1 aromatic rings. The first-order valence-electron chi connectivity index (χ1n) is 5.87. The maximum absolute atomic E-state index is 13.2. The van der Waals surface area contributed by atoms with E-state index >= 15 is 0 Å². The first kappa shape index (κ1) is 14.6. The van der Waals surface area contributed by atoms with Crippen LogP contribution < -0.4 is 5.32 Å². The lowest BCUT2D eigenvalue weighted by molar-refractivity contribution is 0.192. The molecule has 0 atom stereocenters. The number of hydrogen-bond acceptors (Lipinski definition) is 2. The quantitative estimate of drug-likeness (QED) is 0.742. The van der Waals surface area contributed by atoms with E-state index in [9.17, 15) is 4.39 Å². The van der Waals surface area contributed by atoms with E-state index in [0.29, 0.717) is 11.0 Å². The van der Waals surface area contributed by atoms with Gasteiger partial charge >= 0.3 is 0 Å². The molecule has 0 unspecified atom stereocenters. The van der Waals surface area contributed by atoms with Gasteiger partial charge in [0.25, 0.3) is 0 Å². The largest absolute Gasteiger partial charge is 0.385 e. The van der Waals surface area contributed by atoms with E-state index in [1.54, 1.807) is 19.2 Å². The molecule has 0 aliphatic heterocycles. The molecule has 0 saturated heterocycles. The summed E-state index contributed by atoms with van der Waals surface area (Å²) in [5.41, 5.74) is 0.975. The average molecular weight is 304 g/mol. The van der Waals surface area contributed by atoms with Crippen molar-refractivity contribution >= 4 is 15.9 Å². The Morgan fingerprint density at radius 3 is 2.82 bits per heavy atom. The molecule has 0 saturated carbocycles. The van der Waals surface area contributed by atoms with E-state index < -0.39 is 0 Å². The summed E-state index contributed by atoms with van der Waals surface area (Å²) in [6, 6.07) is 5.22. The number of ether oxygens (including phenoxy) is 1. The molecular formula is C13H19BrFNO. The van der Waals surface area contributed by atoms with Crippen molar-refractivity contribution in [2.45, 2.75) is 25.8 Å². The summed E-state index contributed by atoms with van der Waals surface area (Å²) in [7, 11) is 1.72. The lowest BCUT2D eigenvalue weighted by Gasteiger charge is -2.05. The summed E-state index contributed by atoms with van der Waals surface area (Å²) in [5.74, 6) is -0.204. The summed E-state index contributed by atoms with van der Waals surface area (Å²) in [6.45, 7) is 2.51. The zero-order valence-electron chi connectivity index (χ0n) is 10.1. The summed E-state index contributed by atoms with van der Waals surface area (Å²) in [4.78, 5) is 0. The predicted octanol–water partition coefficient (Wildman–Crippen LogP) is 3.49. The van der Waals surface area contributed by atoms with Crippen molar-refractivity contribution in [1.29, 1.82) is 0 Å². The van der Waals surface area contributed by atoms with Crippen molar-refractivity contribution in [3.63, 3.8) is 0 Å². The van der Waals surface area contributed by atoms with Crippen molar-refractivity contribution in [3.05, 3.63) is 34.1 Å². The fourth-order valence-electron chi connectivity index (χ4n) is 1.56. The van der Waals surface area contributed by atoms with E-state index in [-0.39, 0.29) is 5.82 Å². The van der Waals surface area contributed by atoms with Crippen LogP contribution in [0.1, 0.15) is 24.8 Å². The maximum atomic E-state index is 13.2. The molecule has 4 heteroatoms. The third-order valence-corrected chi connectivity index (χ3v) is 3.16. The van der Waals surface area contributed by atoms with E-state index in [0.717, 1.165) is 38.0 Å². The molecule has 0 aliphatic carbocycles. The highest BCUT2D eigenvalue weighted by atomic mass is 79.9. The monoisotopic (exact) mass is 303 g/mol. The van der Waals surface area contributed by atoms with Gasteiger partial charge in [-0.05, 0) is 59.4 Å². The first-order chi connectivity index (χ1) is 8.24. The second-order valence-electron chi connectivity index (χ2n) is 3.98. The highest BCUT2D eigenvalue weighted by molar-refractivity contribution is 9.10. The van der Waals surface area contributed by atoms with E-state index in [4.69, 9.17) is 4.74 Å². The second-order valence-corrected chi connectivity index (χ2v) is 4.83. The molecule has 0 aromatic heterocycles. The molecule has 96 valence electrons. The minimum Gasteiger partial charge on any atom is -0.385 e. The molecule has 17 heavy (non-hydrogen) atoms. The average Bonchev–Trinajstić information content (AvgIpc) is 2.32. The van der Waals surface area contributed by atoms with Crippen LogP contribution in [0.3, 0.4) is 0 Å². The second kappa shape index (κ2) is 8.61. The van der Waals surface area contributed by atoms with Crippen LogP contribution in [0, 0.1) is 5.82 Å². The molecular weight excluding hydrogens is 285 g/mol. The Morgan fingerprint density at radius 1 is 1.29 bits per heavy atom. The minimum absolute atomic E-state index is 0.204. The molecule has 2 nitrogen and oxygen atoms in total. The zero-order chi connectivity index (χ0) is 12.5. The molecule has 0 bridgehead atoms. The Balaban J connectivity index is 2.11. The van der Waals surface area contributed by atoms with Crippen LogP contribution in [-0.4, -0.2) is 20.3 Å². The van der Waals surface area contributed by atoms with Crippen LogP contribution in [-0.2, 0) is 11.3 Å². The van der Waals surface area contributed by atoms with Gasteiger partial charge in [0.2, 0.25) is 0 Å². The van der Waals surface area contributed by atoms with Crippen molar-refractivity contribution in [3.8, 4) is 0 Å². The summed E-state index contributed by atoms with van der Waals surface area (Å²) >= 11 is 3.14. The van der Waals surface area contributed by atoms with Crippen LogP contribution in [0.4, 0.5) is 4.39 Å². The van der Waals surface area contributed by atoms with Gasteiger partial charge in [0.1, 0.15) is 5.82 Å². The van der Waals surface area contributed by atoms with Crippen LogP contribution in [0.15, 0.2) is 22.7 Å². The Labute approximate surface area is 111 Å². The molecule has 0 radical (unpaired) electrons. The highest BCUT2D eigenvalue weighted by Crippen LogP contribution is 2.16. The Morgan fingerprint density at radius 2 is 2.12 bits per heavy atom. The molecule has 0 spiro atoms. The van der Waals surface area contributed by atoms with Gasteiger partial charge in [-0.2, -0.15) is 0 Å². The number of hydrogen-bond donors (Lipinski definition) is 1. The SMILES string of the molecule is COCCCCCNCc1ccc(Br)c(F)c1. The van der Waals surface area contributed by atoms with Crippen molar-refractivity contribution < 1.29 is 9.13 Å². The van der Waals surface area contributed by atoms with Crippen molar-refractivity contribution in [2.75, 3.05) is 20.3 Å². The standard InChI is InChI=1S/C13H19BrFNO/c1-17-8-4-2-3-7-16-10-11-5-6-12(14)13(15)9-11/h5-6,9,16H,2-4,7-8,10H2,1H3. The summed E-state index contributed by atoms with van der Waals surface area (Å²) in [5, 5.41) is 3.30. The van der Waals surface area contributed by atoms with Gasteiger partial charge in [0.05, 0.1) is 4.47 Å². The smallest absolute Gasteiger partial charge is 0.137 e. The highest BCUT2D eigenvalue weighted by Gasteiger charge is 1.99. The van der Waals surface area contributed by atoms with E-state index in [2.05, 4.69) is 21.2 Å². The zero-order valence-corrected chi connectivity index (χ0v) is 11.7. The van der Waals surface area contributed by atoms with Gasteiger partial charge < -0.3 is 10.1 Å². The third-order valence-electron chi connectivity index (χ3n) is 2.52. The molecule has 1 rings (SSSR count). The molecule has 0 fully saturated rings. The van der Waals surface area contributed by atoms with Crippen molar-refractivity contribution in [1.82, 2.24) is 5.32 Å². The van der Waals surface area contributed by atoms with Gasteiger partial charge in [0, 0.05) is 20.3 Å². The fraction of sp³-hybridized carbons (Fsp3) is 0.538. The Kier molecular flexibility index (Phi) is 7.40. The van der Waals surface area contributed by atoms with Gasteiger partial charge in [-0.1, -0.05) is 6.07 Å². The van der Waals surface area contributed by atoms with Crippen molar-refractivity contribution in [2.24, 2.45) is 0 Å². The topological polar surface area (TPSA) is 21.3 Å². The molecule has 0 aliphatic rings. The van der Waals surface area contributed by atoms with Crippen LogP contribution in [0.5, 0.6) is 0 Å². The number of unbranched alkanes of at least 4 members (excludes halogenated alkanes) is 2. The van der Waals surface area contributed by atoms with Gasteiger partial charge in [0.15, 0.2) is 0 Å². The van der Waals surface area contributed by atoms with Crippen LogP contribution in [0.25, 0.3) is 0 Å². The Bertz CT molecular complexity index is 333. The summed E-state index contributed by atoms with van der Waals surface area (Å²) in [6.07, 6.45) is 3.39. The summed E-state index contributed by atoms with van der Waals surface area (Å²) < 4.78 is 18.7. The van der Waals surface area contributed by atoms with E-state index in [1.165, 1.54) is 0 Å². The molecule has 1 N–H and O–H groups in total. The molecule has 1 aromatic carbocycles. The Hall–Kier alpha value is -0.450.